The van der Waals surface area contributed by atoms with Crippen molar-refractivity contribution in [1.29, 1.82) is 0 Å². The Morgan fingerprint density at radius 3 is 2.85 bits per heavy atom. The van der Waals surface area contributed by atoms with Crippen LogP contribution in [0.2, 0.25) is 0 Å². The van der Waals surface area contributed by atoms with Gasteiger partial charge < -0.3 is 4.74 Å². The highest BCUT2D eigenvalue weighted by Crippen LogP contribution is 2.20. The minimum atomic E-state index is -0.210. The van der Waals surface area contributed by atoms with Gasteiger partial charge in [-0.15, -0.1) is 0 Å². The van der Waals surface area contributed by atoms with Crippen LogP contribution in [0, 0.1) is 3.57 Å². The molecule has 0 bridgehead atoms. The molecule has 70 valence electrons. The summed E-state index contributed by atoms with van der Waals surface area (Å²) in [6.07, 6.45) is 0.333. The molecule has 0 unspecified atom stereocenters. The second-order valence-electron chi connectivity index (χ2n) is 2.50. The fraction of sp³-hybridized carbons (Fsp3) is 0.222. The summed E-state index contributed by atoms with van der Waals surface area (Å²) in [7, 11) is 1.39. The zero-order valence-corrected chi connectivity index (χ0v) is 10.8. The van der Waals surface area contributed by atoms with E-state index in [2.05, 4.69) is 43.3 Å². The molecule has 0 saturated carbocycles. The first-order valence-electron chi connectivity index (χ1n) is 3.64. The number of carbonyl (C=O) groups excluding carboxylic acids is 1. The molecule has 0 aliphatic heterocycles. The van der Waals surface area contributed by atoms with Crippen molar-refractivity contribution in [3.05, 3.63) is 31.8 Å². The average molecular weight is 355 g/mol. The van der Waals surface area contributed by atoms with E-state index in [9.17, 15) is 4.79 Å². The number of methoxy groups -OCH3 is 1. The number of rotatable bonds is 2. The summed E-state index contributed by atoms with van der Waals surface area (Å²) in [6, 6.07) is 5.80. The van der Waals surface area contributed by atoms with Gasteiger partial charge in [0.15, 0.2) is 0 Å². The maximum absolute atomic E-state index is 10.9. The van der Waals surface area contributed by atoms with Crippen LogP contribution in [-0.2, 0) is 16.0 Å². The fourth-order valence-electron chi connectivity index (χ4n) is 0.888. The monoisotopic (exact) mass is 354 g/mol. The Morgan fingerprint density at radius 2 is 2.31 bits per heavy atom. The quantitative estimate of drug-likeness (QED) is 0.603. The summed E-state index contributed by atoms with van der Waals surface area (Å²) < 4.78 is 6.71. The topological polar surface area (TPSA) is 26.3 Å². The van der Waals surface area contributed by atoms with Crippen LogP contribution in [0.5, 0.6) is 0 Å². The van der Waals surface area contributed by atoms with Crippen molar-refractivity contribution in [2.75, 3.05) is 7.11 Å². The van der Waals surface area contributed by atoms with Crippen LogP contribution in [0.4, 0.5) is 0 Å². The van der Waals surface area contributed by atoms with Crippen LogP contribution in [-0.4, -0.2) is 13.1 Å². The Labute approximate surface area is 98.9 Å². The zero-order chi connectivity index (χ0) is 9.84. The molecule has 4 heteroatoms. The Balaban J connectivity index is 2.79. The van der Waals surface area contributed by atoms with Crippen LogP contribution >= 0.6 is 38.5 Å². The van der Waals surface area contributed by atoms with Crippen LogP contribution in [0.1, 0.15) is 5.56 Å². The smallest absolute Gasteiger partial charge is 0.309 e. The lowest BCUT2D eigenvalue weighted by Crippen LogP contribution is -2.04. The van der Waals surface area contributed by atoms with Gasteiger partial charge in [0.25, 0.3) is 0 Å². The third-order valence-electron chi connectivity index (χ3n) is 1.56. The number of esters is 1. The molecule has 0 aliphatic rings. The molecule has 0 spiro atoms. The first-order chi connectivity index (χ1) is 6.13. The third kappa shape index (κ3) is 3.27. The molecule has 0 heterocycles. The largest absolute Gasteiger partial charge is 0.469 e. The molecule has 0 N–H and O–H groups in total. The van der Waals surface area contributed by atoms with Gasteiger partial charge in [0, 0.05) is 8.04 Å². The number of hydrogen-bond acceptors (Lipinski definition) is 2. The number of benzene rings is 1. The highest BCUT2D eigenvalue weighted by molar-refractivity contribution is 14.1. The molecule has 0 radical (unpaired) electrons. The zero-order valence-electron chi connectivity index (χ0n) is 7.01. The van der Waals surface area contributed by atoms with E-state index in [-0.39, 0.29) is 5.97 Å². The van der Waals surface area contributed by atoms with Crippen LogP contribution in [0.25, 0.3) is 0 Å². The third-order valence-corrected chi connectivity index (χ3v) is 3.89. The first kappa shape index (κ1) is 11.0. The molecule has 0 amide bonds. The van der Waals surface area contributed by atoms with Gasteiger partial charge in [-0.2, -0.15) is 0 Å². The molecule has 1 aromatic carbocycles. The average Bonchev–Trinajstić information content (AvgIpc) is 2.11. The molecule has 0 atom stereocenters. The van der Waals surface area contributed by atoms with Gasteiger partial charge >= 0.3 is 5.97 Å². The first-order valence-corrected chi connectivity index (χ1v) is 5.51. The number of carbonyl (C=O) groups is 1. The van der Waals surface area contributed by atoms with E-state index in [0.717, 1.165) is 13.6 Å². The minimum Gasteiger partial charge on any atom is -0.469 e. The van der Waals surface area contributed by atoms with E-state index in [1.54, 1.807) is 0 Å². The highest BCUT2D eigenvalue weighted by Gasteiger charge is 2.04. The van der Waals surface area contributed by atoms with E-state index >= 15 is 0 Å². The SMILES string of the molecule is COC(=O)Cc1ccc(Br)c(I)c1. The highest BCUT2D eigenvalue weighted by atomic mass is 127. The van der Waals surface area contributed by atoms with Crippen molar-refractivity contribution in [2.45, 2.75) is 6.42 Å². The normalized spacial score (nSPS) is 9.77. The Kier molecular flexibility index (Phi) is 4.18. The molecule has 0 saturated heterocycles. The standard InChI is InChI=1S/C9H8BrIO2/c1-13-9(12)5-6-2-3-7(10)8(11)4-6/h2-4H,5H2,1H3. The fourth-order valence-corrected chi connectivity index (χ4v) is 1.71. The predicted molar refractivity (Wildman–Crippen MR) is 62.6 cm³/mol. The Hall–Kier alpha value is -0.100. The molecule has 1 aromatic rings. The van der Waals surface area contributed by atoms with Crippen LogP contribution < -0.4 is 0 Å². The van der Waals surface area contributed by atoms with E-state index in [0.29, 0.717) is 6.42 Å². The Morgan fingerprint density at radius 1 is 1.62 bits per heavy atom. The lowest BCUT2D eigenvalue weighted by atomic mass is 10.2. The molecule has 0 fully saturated rings. The van der Waals surface area contributed by atoms with E-state index < -0.39 is 0 Å². The van der Waals surface area contributed by atoms with Gasteiger partial charge in [-0.3, -0.25) is 4.79 Å². The summed E-state index contributed by atoms with van der Waals surface area (Å²) in [6.45, 7) is 0. The van der Waals surface area contributed by atoms with Crippen LogP contribution in [0.15, 0.2) is 22.7 Å². The summed E-state index contributed by atoms with van der Waals surface area (Å²) in [4.78, 5) is 10.9. The summed E-state index contributed by atoms with van der Waals surface area (Å²) in [5.41, 5.74) is 0.972. The summed E-state index contributed by atoms with van der Waals surface area (Å²) >= 11 is 5.60. The van der Waals surface area contributed by atoms with Crippen molar-refractivity contribution in [3.63, 3.8) is 0 Å². The van der Waals surface area contributed by atoms with Crippen molar-refractivity contribution >= 4 is 44.5 Å². The predicted octanol–water partition coefficient (Wildman–Crippen LogP) is 2.77. The van der Waals surface area contributed by atoms with Gasteiger partial charge in [0.05, 0.1) is 13.5 Å². The van der Waals surface area contributed by atoms with Crippen molar-refractivity contribution in [1.82, 2.24) is 0 Å². The molecule has 13 heavy (non-hydrogen) atoms. The molecule has 0 aliphatic carbocycles. The van der Waals surface area contributed by atoms with Gasteiger partial charge in [-0.25, -0.2) is 0 Å². The maximum atomic E-state index is 10.9. The molecular weight excluding hydrogens is 347 g/mol. The summed E-state index contributed by atoms with van der Waals surface area (Å²) in [5, 5.41) is 0. The van der Waals surface area contributed by atoms with Crippen LogP contribution in [0.3, 0.4) is 0 Å². The lowest BCUT2D eigenvalue weighted by Gasteiger charge is -2.01. The molecule has 2 nitrogen and oxygen atoms in total. The maximum Gasteiger partial charge on any atom is 0.309 e. The number of halogens is 2. The van der Waals surface area contributed by atoms with Crippen molar-refractivity contribution in [3.8, 4) is 0 Å². The Bertz CT molecular complexity index is 325. The van der Waals surface area contributed by atoms with Gasteiger partial charge in [-0.05, 0) is 56.2 Å². The van der Waals surface area contributed by atoms with E-state index in [4.69, 9.17) is 0 Å². The van der Waals surface area contributed by atoms with E-state index in [1.165, 1.54) is 7.11 Å². The number of ether oxygens (including phenoxy) is 1. The van der Waals surface area contributed by atoms with Gasteiger partial charge in [-0.1, -0.05) is 6.07 Å². The lowest BCUT2D eigenvalue weighted by molar-refractivity contribution is -0.139. The number of hydrogen-bond donors (Lipinski definition) is 0. The molecular formula is C9H8BrIO2. The van der Waals surface area contributed by atoms with E-state index in [1.807, 2.05) is 18.2 Å². The van der Waals surface area contributed by atoms with Gasteiger partial charge in [0.2, 0.25) is 0 Å². The molecule has 0 aromatic heterocycles. The second kappa shape index (κ2) is 4.95. The van der Waals surface area contributed by atoms with Crippen molar-refractivity contribution < 1.29 is 9.53 Å². The minimum absolute atomic E-state index is 0.210. The summed E-state index contributed by atoms with van der Waals surface area (Å²) in [5.74, 6) is -0.210. The van der Waals surface area contributed by atoms with Gasteiger partial charge in [0.1, 0.15) is 0 Å². The second-order valence-corrected chi connectivity index (χ2v) is 4.52. The van der Waals surface area contributed by atoms with Crippen molar-refractivity contribution in [2.24, 2.45) is 0 Å². The molecule has 1 rings (SSSR count).